The number of hydrogen-bond donors (Lipinski definition) is 1. The fraction of sp³-hybridized carbons (Fsp3) is 0.462. The lowest BCUT2D eigenvalue weighted by Gasteiger charge is -2.46. The highest BCUT2D eigenvalue weighted by Crippen LogP contribution is 2.46. The lowest BCUT2D eigenvalue weighted by atomic mass is 9.66. The van der Waals surface area contributed by atoms with Crippen molar-refractivity contribution in [2.75, 3.05) is 0 Å². The molecule has 0 aromatic carbocycles. The molecule has 1 spiro atoms. The Morgan fingerprint density at radius 2 is 2.11 bits per heavy atom. The van der Waals surface area contributed by atoms with Gasteiger partial charge in [-0.15, -0.1) is 0 Å². The van der Waals surface area contributed by atoms with Crippen LogP contribution in [-0.2, 0) is 9.59 Å². The van der Waals surface area contributed by atoms with Crippen LogP contribution in [0.2, 0.25) is 0 Å². The van der Waals surface area contributed by atoms with Gasteiger partial charge in [0.15, 0.2) is 0 Å². The lowest BCUT2D eigenvalue weighted by Crippen LogP contribution is -2.66. The van der Waals surface area contributed by atoms with E-state index in [0.717, 1.165) is 12.0 Å². The van der Waals surface area contributed by atoms with E-state index in [0.29, 0.717) is 12.8 Å². The summed E-state index contributed by atoms with van der Waals surface area (Å²) < 4.78 is 0. The topological polar surface area (TPSA) is 66.5 Å². The zero-order valence-electron chi connectivity index (χ0n) is 10.5. The summed E-state index contributed by atoms with van der Waals surface area (Å²) in [5, 5.41) is 6.14. The second kappa shape index (κ2) is 4.16. The molecular formula is C13H14N2O3S. The molecule has 1 atom stereocenters. The standard InChI is InChI=1S/C13H14N2O3S/c1-8(9-3-6-19-7-9)15-11(17)13(4-2-5-13)10(16)14-12(15)18/h3,6-8H,2,4-5H2,1H3,(H,14,16,18). The molecule has 1 aromatic rings. The van der Waals surface area contributed by atoms with Crippen LogP contribution in [0, 0.1) is 5.41 Å². The maximum absolute atomic E-state index is 12.5. The maximum atomic E-state index is 12.5. The van der Waals surface area contributed by atoms with Gasteiger partial charge in [-0.2, -0.15) is 11.3 Å². The monoisotopic (exact) mass is 278 g/mol. The van der Waals surface area contributed by atoms with Crippen molar-refractivity contribution in [3.8, 4) is 0 Å². The molecule has 3 rings (SSSR count). The number of carbonyl (C=O) groups excluding carboxylic acids is 3. The maximum Gasteiger partial charge on any atom is 0.331 e. The van der Waals surface area contributed by atoms with E-state index < -0.39 is 17.4 Å². The second-order valence-corrected chi connectivity index (χ2v) is 5.88. The van der Waals surface area contributed by atoms with Crippen molar-refractivity contribution in [1.82, 2.24) is 10.2 Å². The molecule has 100 valence electrons. The van der Waals surface area contributed by atoms with Crippen molar-refractivity contribution < 1.29 is 14.4 Å². The van der Waals surface area contributed by atoms with Gasteiger partial charge in [0.05, 0.1) is 6.04 Å². The van der Waals surface area contributed by atoms with Gasteiger partial charge in [0.25, 0.3) is 0 Å². The first-order valence-corrected chi connectivity index (χ1v) is 7.22. The number of thiophene rings is 1. The van der Waals surface area contributed by atoms with Gasteiger partial charge in [-0.25, -0.2) is 4.79 Å². The van der Waals surface area contributed by atoms with Crippen molar-refractivity contribution in [3.05, 3.63) is 22.4 Å². The minimum atomic E-state index is -0.988. The lowest BCUT2D eigenvalue weighted by molar-refractivity contribution is -0.159. The summed E-state index contributed by atoms with van der Waals surface area (Å²) in [6.45, 7) is 1.81. The number of nitrogens with zero attached hydrogens (tertiary/aromatic N) is 1. The molecule has 2 aliphatic rings. The fourth-order valence-electron chi connectivity index (χ4n) is 2.68. The van der Waals surface area contributed by atoms with Crippen LogP contribution in [0.5, 0.6) is 0 Å². The van der Waals surface area contributed by atoms with Crippen LogP contribution in [-0.4, -0.2) is 22.7 Å². The van der Waals surface area contributed by atoms with E-state index in [2.05, 4.69) is 5.32 Å². The average molecular weight is 278 g/mol. The van der Waals surface area contributed by atoms with E-state index in [1.54, 1.807) is 0 Å². The average Bonchev–Trinajstić information content (AvgIpc) is 2.79. The molecule has 1 aliphatic carbocycles. The molecular weight excluding hydrogens is 264 g/mol. The van der Waals surface area contributed by atoms with Crippen molar-refractivity contribution in [2.45, 2.75) is 32.2 Å². The third-order valence-corrected chi connectivity index (χ3v) is 4.82. The minimum Gasteiger partial charge on any atom is -0.277 e. The number of barbiturate groups is 1. The molecule has 1 unspecified atom stereocenters. The smallest absolute Gasteiger partial charge is 0.277 e. The van der Waals surface area contributed by atoms with Gasteiger partial charge in [-0.3, -0.25) is 19.8 Å². The summed E-state index contributed by atoms with van der Waals surface area (Å²) in [5.41, 5.74) is -0.0737. The summed E-state index contributed by atoms with van der Waals surface area (Å²) in [7, 11) is 0. The molecule has 19 heavy (non-hydrogen) atoms. The Balaban J connectivity index is 1.94. The molecule has 0 radical (unpaired) electrons. The number of amides is 4. The Morgan fingerprint density at radius 1 is 1.37 bits per heavy atom. The second-order valence-electron chi connectivity index (χ2n) is 5.10. The zero-order valence-corrected chi connectivity index (χ0v) is 11.3. The molecule has 1 saturated heterocycles. The molecule has 1 N–H and O–H groups in total. The predicted octanol–water partition coefficient (Wildman–Crippen LogP) is 2.06. The van der Waals surface area contributed by atoms with Crippen LogP contribution in [0.25, 0.3) is 0 Å². The molecule has 1 aliphatic heterocycles. The first-order chi connectivity index (χ1) is 9.06. The molecule has 4 amide bonds. The van der Waals surface area contributed by atoms with E-state index in [1.165, 1.54) is 16.2 Å². The Morgan fingerprint density at radius 3 is 2.63 bits per heavy atom. The van der Waals surface area contributed by atoms with Crippen molar-refractivity contribution in [3.63, 3.8) is 0 Å². The molecule has 5 nitrogen and oxygen atoms in total. The summed E-state index contributed by atoms with van der Waals surface area (Å²) in [6, 6.07) is 0.940. The van der Waals surface area contributed by atoms with Gasteiger partial charge in [0.1, 0.15) is 5.41 Å². The summed E-state index contributed by atoms with van der Waals surface area (Å²) in [5.74, 6) is -0.770. The van der Waals surface area contributed by atoms with Crippen LogP contribution in [0.1, 0.15) is 37.8 Å². The van der Waals surface area contributed by atoms with Gasteiger partial charge in [-0.1, -0.05) is 6.42 Å². The molecule has 2 fully saturated rings. The van der Waals surface area contributed by atoms with Crippen molar-refractivity contribution in [1.29, 1.82) is 0 Å². The number of nitrogens with one attached hydrogen (secondary N) is 1. The largest absolute Gasteiger partial charge is 0.331 e. The quantitative estimate of drug-likeness (QED) is 0.842. The molecule has 6 heteroatoms. The van der Waals surface area contributed by atoms with Crippen LogP contribution in [0.15, 0.2) is 16.8 Å². The van der Waals surface area contributed by atoms with E-state index in [1.807, 2.05) is 23.8 Å². The fourth-order valence-corrected chi connectivity index (χ4v) is 3.43. The minimum absolute atomic E-state index is 0.341. The summed E-state index contributed by atoms with van der Waals surface area (Å²) in [4.78, 5) is 37.6. The van der Waals surface area contributed by atoms with E-state index in [9.17, 15) is 14.4 Å². The highest BCUT2D eigenvalue weighted by atomic mass is 32.1. The number of hydrogen-bond acceptors (Lipinski definition) is 4. The third kappa shape index (κ3) is 1.63. The predicted molar refractivity (Wildman–Crippen MR) is 69.4 cm³/mol. The SMILES string of the molecule is CC(c1ccsc1)N1C(=O)NC(=O)C2(CCC2)C1=O. The number of urea groups is 1. The number of rotatable bonds is 2. The normalized spacial score (nSPS) is 23.2. The molecule has 0 bridgehead atoms. The highest BCUT2D eigenvalue weighted by molar-refractivity contribution is 7.08. The van der Waals surface area contributed by atoms with E-state index >= 15 is 0 Å². The summed E-state index contributed by atoms with van der Waals surface area (Å²) >= 11 is 1.52. The zero-order chi connectivity index (χ0) is 13.6. The molecule has 2 heterocycles. The van der Waals surface area contributed by atoms with Gasteiger partial charge < -0.3 is 0 Å². The number of imide groups is 2. The number of carbonyl (C=O) groups is 3. The third-order valence-electron chi connectivity index (χ3n) is 4.12. The van der Waals surface area contributed by atoms with Crippen LogP contribution in [0.4, 0.5) is 4.79 Å². The first-order valence-electron chi connectivity index (χ1n) is 6.27. The Kier molecular flexibility index (Phi) is 2.70. The molecule has 1 aromatic heterocycles. The Bertz CT molecular complexity index is 548. The van der Waals surface area contributed by atoms with Gasteiger partial charge >= 0.3 is 6.03 Å². The first kappa shape index (κ1) is 12.3. The summed E-state index contributed by atoms with van der Waals surface area (Å²) in [6.07, 6.45) is 1.93. The Labute approximate surface area is 114 Å². The van der Waals surface area contributed by atoms with Crippen LogP contribution < -0.4 is 5.32 Å². The highest BCUT2D eigenvalue weighted by Gasteiger charge is 2.58. The van der Waals surface area contributed by atoms with E-state index in [-0.39, 0.29) is 11.9 Å². The van der Waals surface area contributed by atoms with Crippen LogP contribution >= 0.6 is 11.3 Å². The molecule has 1 saturated carbocycles. The van der Waals surface area contributed by atoms with Crippen molar-refractivity contribution in [2.24, 2.45) is 5.41 Å². The Hall–Kier alpha value is -1.69. The van der Waals surface area contributed by atoms with E-state index in [4.69, 9.17) is 0 Å². The van der Waals surface area contributed by atoms with Gasteiger partial charge in [0, 0.05) is 0 Å². The van der Waals surface area contributed by atoms with Crippen LogP contribution in [0.3, 0.4) is 0 Å². The van der Waals surface area contributed by atoms with Gasteiger partial charge in [0.2, 0.25) is 11.8 Å². The van der Waals surface area contributed by atoms with Crippen molar-refractivity contribution >= 4 is 29.2 Å². The van der Waals surface area contributed by atoms with Gasteiger partial charge in [-0.05, 0) is 42.2 Å².